The molecule has 1 heterocycles. The maximum Gasteiger partial charge on any atom is 0.416 e. The first kappa shape index (κ1) is 15.7. The van der Waals surface area contributed by atoms with E-state index < -0.39 is 11.7 Å². The Kier molecular flexibility index (Phi) is 4.80. The van der Waals surface area contributed by atoms with Crippen LogP contribution >= 0.6 is 11.3 Å². The molecule has 0 fully saturated rings. The Morgan fingerprint density at radius 2 is 1.86 bits per heavy atom. The van der Waals surface area contributed by atoms with Gasteiger partial charge in [0.15, 0.2) is 0 Å². The van der Waals surface area contributed by atoms with E-state index in [0.717, 1.165) is 27.7 Å². The molecule has 0 aliphatic heterocycles. The fraction of sp³-hybridized carbons (Fsp3) is 0.267. The topological polar surface area (TPSA) is 22.1 Å². The van der Waals surface area contributed by atoms with Crippen LogP contribution in [-0.2, 0) is 17.5 Å². The van der Waals surface area contributed by atoms with E-state index in [-0.39, 0.29) is 0 Å². The number of benzene rings is 1. The second-order valence-corrected chi connectivity index (χ2v) is 5.68. The predicted molar refractivity (Wildman–Crippen MR) is 77.9 cm³/mol. The maximum atomic E-state index is 12.5. The van der Waals surface area contributed by atoms with Crippen molar-refractivity contribution in [1.82, 2.24) is 4.98 Å². The molecule has 2 rings (SSSR count). The summed E-state index contributed by atoms with van der Waals surface area (Å²) in [6.07, 6.45) is -0.766. The third-order valence-electron chi connectivity index (χ3n) is 2.85. The summed E-state index contributed by atoms with van der Waals surface area (Å²) in [6, 6.07) is 5.03. The van der Waals surface area contributed by atoms with Gasteiger partial charge < -0.3 is 4.74 Å². The van der Waals surface area contributed by atoms with E-state index in [0.29, 0.717) is 12.2 Å². The number of ether oxygens (including phenoxy) is 1. The molecule has 2 nitrogen and oxygen atoms in total. The second-order valence-electron chi connectivity index (χ2n) is 4.44. The molecular weight excluding hydrogens is 299 g/mol. The highest BCUT2D eigenvalue weighted by Crippen LogP contribution is 2.29. The van der Waals surface area contributed by atoms with Crippen LogP contribution in [0.4, 0.5) is 13.2 Å². The van der Waals surface area contributed by atoms with E-state index in [1.807, 2.05) is 6.92 Å². The molecule has 0 aliphatic rings. The summed E-state index contributed by atoms with van der Waals surface area (Å²) in [4.78, 5) is 5.47. The summed E-state index contributed by atoms with van der Waals surface area (Å²) in [5.74, 6) is 0. The highest BCUT2D eigenvalue weighted by Gasteiger charge is 2.29. The summed E-state index contributed by atoms with van der Waals surface area (Å²) in [7, 11) is 1.61. The van der Waals surface area contributed by atoms with Crippen LogP contribution in [0.1, 0.15) is 26.7 Å². The third-order valence-corrected chi connectivity index (χ3v) is 3.82. The average Bonchev–Trinajstić information content (AvgIpc) is 2.77. The van der Waals surface area contributed by atoms with Gasteiger partial charge in [0.05, 0.1) is 17.9 Å². The molecule has 1 aromatic carbocycles. The standard InChI is InChI=1S/C15H14F3NOS/c1-10-13(9-20-2)19-14(21-10)8-5-11-3-6-12(7-4-11)15(16,17)18/h3-8H,9H2,1-2H3. The molecule has 0 amide bonds. The number of alkyl halides is 3. The number of halogens is 3. The SMILES string of the molecule is COCc1nc(C=Cc2ccc(C(F)(F)F)cc2)sc1C. The number of nitrogens with zero attached hydrogens (tertiary/aromatic N) is 1. The maximum absolute atomic E-state index is 12.5. The van der Waals surface area contributed by atoms with Crippen molar-refractivity contribution < 1.29 is 17.9 Å². The molecule has 0 saturated carbocycles. The van der Waals surface area contributed by atoms with Crippen LogP contribution in [0.3, 0.4) is 0 Å². The summed E-state index contributed by atoms with van der Waals surface area (Å²) in [5.41, 5.74) is 0.936. The van der Waals surface area contributed by atoms with Crippen molar-refractivity contribution in [3.05, 3.63) is 51.0 Å². The number of hydrogen-bond donors (Lipinski definition) is 0. The fourth-order valence-electron chi connectivity index (χ4n) is 1.74. The van der Waals surface area contributed by atoms with Crippen molar-refractivity contribution in [2.75, 3.05) is 7.11 Å². The lowest BCUT2D eigenvalue weighted by atomic mass is 10.1. The van der Waals surface area contributed by atoms with Gasteiger partial charge in [0.1, 0.15) is 5.01 Å². The van der Waals surface area contributed by atoms with Gasteiger partial charge in [0, 0.05) is 12.0 Å². The molecule has 0 bridgehead atoms. The van der Waals surface area contributed by atoms with Crippen LogP contribution in [0.25, 0.3) is 12.2 Å². The summed E-state index contributed by atoms with van der Waals surface area (Å²) < 4.78 is 42.4. The average molecular weight is 313 g/mol. The van der Waals surface area contributed by atoms with Gasteiger partial charge in [-0.25, -0.2) is 4.98 Å². The molecule has 6 heteroatoms. The van der Waals surface area contributed by atoms with Crippen LogP contribution in [0.2, 0.25) is 0 Å². The zero-order valence-electron chi connectivity index (χ0n) is 11.6. The fourth-order valence-corrected chi connectivity index (χ4v) is 2.57. The van der Waals surface area contributed by atoms with Crippen molar-refractivity contribution in [3.63, 3.8) is 0 Å². The molecule has 0 saturated heterocycles. The molecule has 0 radical (unpaired) electrons. The molecule has 1 aromatic heterocycles. The van der Waals surface area contributed by atoms with Gasteiger partial charge >= 0.3 is 6.18 Å². The van der Waals surface area contributed by atoms with Crippen molar-refractivity contribution >= 4 is 23.5 Å². The van der Waals surface area contributed by atoms with Crippen LogP contribution in [0.5, 0.6) is 0 Å². The summed E-state index contributed by atoms with van der Waals surface area (Å²) in [6.45, 7) is 2.41. The van der Waals surface area contributed by atoms with Crippen molar-refractivity contribution in [2.24, 2.45) is 0 Å². The van der Waals surface area contributed by atoms with Crippen LogP contribution in [0, 0.1) is 6.92 Å². The molecule has 0 spiro atoms. The van der Waals surface area contributed by atoms with Gasteiger partial charge in [-0.3, -0.25) is 0 Å². The first-order valence-electron chi connectivity index (χ1n) is 6.20. The Morgan fingerprint density at radius 3 is 2.43 bits per heavy atom. The van der Waals surface area contributed by atoms with Crippen LogP contribution in [-0.4, -0.2) is 12.1 Å². The smallest absolute Gasteiger partial charge is 0.378 e. The van der Waals surface area contributed by atoms with E-state index in [1.165, 1.54) is 23.5 Å². The van der Waals surface area contributed by atoms with Crippen LogP contribution < -0.4 is 0 Å². The zero-order chi connectivity index (χ0) is 15.5. The van der Waals surface area contributed by atoms with E-state index in [1.54, 1.807) is 19.3 Å². The predicted octanol–water partition coefficient (Wildman–Crippen LogP) is 4.79. The lowest BCUT2D eigenvalue weighted by molar-refractivity contribution is -0.137. The van der Waals surface area contributed by atoms with Gasteiger partial charge in [-0.05, 0) is 30.7 Å². The second kappa shape index (κ2) is 6.41. The lowest BCUT2D eigenvalue weighted by Gasteiger charge is -2.05. The van der Waals surface area contributed by atoms with Gasteiger partial charge in [-0.1, -0.05) is 18.2 Å². The minimum Gasteiger partial charge on any atom is -0.378 e. The molecule has 21 heavy (non-hydrogen) atoms. The molecule has 0 unspecified atom stereocenters. The lowest BCUT2D eigenvalue weighted by Crippen LogP contribution is -2.03. The molecule has 0 aliphatic carbocycles. The van der Waals surface area contributed by atoms with E-state index in [9.17, 15) is 13.2 Å². The van der Waals surface area contributed by atoms with E-state index >= 15 is 0 Å². The Balaban J connectivity index is 2.12. The number of rotatable bonds is 4. The third kappa shape index (κ3) is 4.15. The summed E-state index contributed by atoms with van der Waals surface area (Å²) in [5, 5.41) is 0.805. The number of aryl methyl sites for hydroxylation is 1. The first-order valence-corrected chi connectivity index (χ1v) is 7.02. The monoisotopic (exact) mass is 313 g/mol. The molecular formula is C15H14F3NOS. The Labute approximate surface area is 124 Å². The molecule has 0 atom stereocenters. The highest BCUT2D eigenvalue weighted by molar-refractivity contribution is 7.12. The van der Waals surface area contributed by atoms with Gasteiger partial charge in [-0.2, -0.15) is 13.2 Å². The number of thiazole rings is 1. The van der Waals surface area contributed by atoms with Gasteiger partial charge in [-0.15, -0.1) is 11.3 Å². The largest absolute Gasteiger partial charge is 0.416 e. The summed E-state index contributed by atoms with van der Waals surface area (Å²) >= 11 is 1.52. The van der Waals surface area contributed by atoms with Gasteiger partial charge in [0.2, 0.25) is 0 Å². The zero-order valence-corrected chi connectivity index (χ0v) is 12.4. The number of hydrogen-bond acceptors (Lipinski definition) is 3. The molecule has 112 valence electrons. The van der Waals surface area contributed by atoms with E-state index in [2.05, 4.69) is 4.98 Å². The Bertz CT molecular complexity index is 629. The molecule has 2 aromatic rings. The van der Waals surface area contributed by atoms with Crippen LogP contribution in [0.15, 0.2) is 24.3 Å². The minimum absolute atomic E-state index is 0.455. The Morgan fingerprint density at radius 1 is 1.19 bits per heavy atom. The van der Waals surface area contributed by atoms with Crippen molar-refractivity contribution in [3.8, 4) is 0 Å². The quantitative estimate of drug-likeness (QED) is 0.810. The Hall–Kier alpha value is -1.66. The first-order chi connectivity index (χ1) is 9.90. The van der Waals surface area contributed by atoms with E-state index in [4.69, 9.17) is 4.74 Å². The van der Waals surface area contributed by atoms with Gasteiger partial charge in [0.25, 0.3) is 0 Å². The minimum atomic E-state index is -4.30. The molecule has 0 N–H and O–H groups in total. The number of methoxy groups -OCH3 is 1. The van der Waals surface area contributed by atoms with Crippen molar-refractivity contribution in [1.29, 1.82) is 0 Å². The highest BCUT2D eigenvalue weighted by atomic mass is 32.1. The normalized spacial score (nSPS) is 12.2. The van der Waals surface area contributed by atoms with Crippen molar-refractivity contribution in [2.45, 2.75) is 19.7 Å². The number of aromatic nitrogens is 1.